The highest BCUT2D eigenvalue weighted by molar-refractivity contribution is 7.86. The van der Waals surface area contributed by atoms with Gasteiger partial charge >= 0.3 is 0 Å². The smallest absolute Gasteiger partial charge is 0.282 e. The molecule has 1 aliphatic rings. The van der Waals surface area contributed by atoms with Crippen molar-refractivity contribution in [2.45, 2.75) is 26.3 Å². The topological polar surface area (TPSA) is 52.7 Å². The molecule has 90 valence electrons. The maximum absolute atomic E-state index is 12.1. The molecule has 0 saturated carbocycles. The first kappa shape index (κ1) is 12.9. The van der Waals surface area contributed by atoms with E-state index < -0.39 is 10.2 Å². The average Bonchev–Trinajstić information content (AvgIpc) is 2.18. The third-order valence-corrected chi connectivity index (χ3v) is 4.77. The monoisotopic (exact) mass is 235 g/mol. The van der Waals surface area contributed by atoms with Crippen LogP contribution < -0.4 is 5.32 Å². The summed E-state index contributed by atoms with van der Waals surface area (Å²) in [7, 11) is -1.60. The number of hydrogen-bond donors (Lipinski definition) is 1. The van der Waals surface area contributed by atoms with E-state index in [1.54, 1.807) is 11.4 Å². The molecule has 0 unspecified atom stereocenters. The van der Waals surface area contributed by atoms with Crippen LogP contribution in [0.25, 0.3) is 0 Å². The second-order valence-corrected chi connectivity index (χ2v) is 5.98. The van der Waals surface area contributed by atoms with Crippen molar-refractivity contribution >= 4 is 10.2 Å². The van der Waals surface area contributed by atoms with Crippen molar-refractivity contribution in [2.75, 3.05) is 33.2 Å². The van der Waals surface area contributed by atoms with Gasteiger partial charge in [0.2, 0.25) is 0 Å². The fourth-order valence-corrected chi connectivity index (χ4v) is 3.40. The Bertz CT molecular complexity index is 292. The average molecular weight is 235 g/mol. The largest absolute Gasteiger partial charge is 0.314 e. The zero-order chi connectivity index (χ0) is 11.5. The van der Waals surface area contributed by atoms with Gasteiger partial charge in [0, 0.05) is 39.3 Å². The molecule has 1 atom stereocenters. The van der Waals surface area contributed by atoms with E-state index in [0.29, 0.717) is 13.1 Å². The number of rotatable bonds is 4. The lowest BCUT2D eigenvalue weighted by molar-refractivity contribution is 0.263. The minimum Gasteiger partial charge on any atom is -0.314 e. The van der Waals surface area contributed by atoms with Crippen LogP contribution in [0, 0.1) is 0 Å². The van der Waals surface area contributed by atoms with Crippen LogP contribution in [0.2, 0.25) is 0 Å². The van der Waals surface area contributed by atoms with E-state index in [4.69, 9.17) is 0 Å². The first-order chi connectivity index (χ1) is 7.00. The van der Waals surface area contributed by atoms with Crippen LogP contribution in [-0.4, -0.2) is 56.3 Å². The molecule has 0 aliphatic carbocycles. The molecule has 0 aromatic carbocycles. The Morgan fingerprint density at radius 2 is 2.20 bits per heavy atom. The highest BCUT2D eigenvalue weighted by Gasteiger charge is 2.31. The second-order valence-electron chi connectivity index (χ2n) is 3.99. The molecule has 0 radical (unpaired) electrons. The van der Waals surface area contributed by atoms with E-state index in [-0.39, 0.29) is 6.04 Å². The van der Waals surface area contributed by atoms with E-state index in [0.717, 1.165) is 19.5 Å². The lowest BCUT2D eigenvalue weighted by atomic mass is 10.3. The van der Waals surface area contributed by atoms with E-state index >= 15 is 0 Å². The predicted molar refractivity (Wildman–Crippen MR) is 60.9 cm³/mol. The van der Waals surface area contributed by atoms with E-state index in [2.05, 4.69) is 5.32 Å². The van der Waals surface area contributed by atoms with Crippen LogP contribution in [0.15, 0.2) is 0 Å². The molecule has 6 heteroatoms. The molecule has 0 aromatic heterocycles. The first-order valence-electron chi connectivity index (χ1n) is 5.44. The molecule has 0 spiro atoms. The van der Waals surface area contributed by atoms with Crippen molar-refractivity contribution in [3.63, 3.8) is 0 Å². The fourth-order valence-electron chi connectivity index (χ4n) is 1.77. The van der Waals surface area contributed by atoms with Gasteiger partial charge < -0.3 is 5.32 Å². The zero-order valence-corrected chi connectivity index (χ0v) is 10.5. The molecule has 1 N–H and O–H groups in total. The van der Waals surface area contributed by atoms with E-state index in [9.17, 15) is 8.42 Å². The molecular formula is C9H21N3O2S. The molecule has 1 rings (SSSR count). The van der Waals surface area contributed by atoms with Crippen molar-refractivity contribution in [1.82, 2.24) is 13.9 Å². The normalized spacial score (nSPS) is 24.7. The molecule has 1 fully saturated rings. The fraction of sp³-hybridized carbons (Fsp3) is 1.00. The molecule has 1 saturated heterocycles. The van der Waals surface area contributed by atoms with Gasteiger partial charge in [0.05, 0.1) is 0 Å². The summed E-state index contributed by atoms with van der Waals surface area (Å²) in [6, 6.07) is 0.0445. The van der Waals surface area contributed by atoms with E-state index in [1.807, 2.05) is 13.8 Å². The van der Waals surface area contributed by atoms with Gasteiger partial charge in [-0.2, -0.15) is 17.0 Å². The maximum atomic E-state index is 12.1. The lowest BCUT2D eigenvalue weighted by Gasteiger charge is -2.35. The SMILES string of the molecule is CCCN(C)S(=O)(=O)N1CCNC[C@H]1C. The van der Waals surface area contributed by atoms with E-state index in [1.165, 1.54) is 4.31 Å². The molecule has 5 nitrogen and oxygen atoms in total. The third kappa shape index (κ3) is 2.90. The van der Waals surface area contributed by atoms with Gasteiger partial charge in [-0.1, -0.05) is 6.92 Å². The molecule has 15 heavy (non-hydrogen) atoms. The highest BCUT2D eigenvalue weighted by atomic mass is 32.2. The van der Waals surface area contributed by atoms with Gasteiger partial charge in [-0.05, 0) is 13.3 Å². The summed E-state index contributed by atoms with van der Waals surface area (Å²) in [5, 5.41) is 3.18. The van der Waals surface area contributed by atoms with Gasteiger partial charge in [-0.25, -0.2) is 0 Å². The number of nitrogens with zero attached hydrogens (tertiary/aromatic N) is 2. The second kappa shape index (κ2) is 5.25. The van der Waals surface area contributed by atoms with Gasteiger partial charge in [-0.15, -0.1) is 0 Å². The Kier molecular flexibility index (Phi) is 4.51. The van der Waals surface area contributed by atoms with Crippen LogP contribution >= 0.6 is 0 Å². The molecule has 1 aliphatic heterocycles. The summed E-state index contributed by atoms with van der Waals surface area (Å²) in [6.45, 7) is 6.54. The van der Waals surface area contributed by atoms with Gasteiger partial charge in [-0.3, -0.25) is 0 Å². The Balaban J connectivity index is 2.75. The van der Waals surface area contributed by atoms with Crippen LogP contribution in [0.5, 0.6) is 0 Å². The highest BCUT2D eigenvalue weighted by Crippen LogP contribution is 2.12. The van der Waals surface area contributed by atoms with Crippen LogP contribution in [0.4, 0.5) is 0 Å². The summed E-state index contributed by atoms with van der Waals surface area (Å²) in [5.41, 5.74) is 0. The van der Waals surface area contributed by atoms with Gasteiger partial charge in [0.1, 0.15) is 0 Å². The molecule has 0 amide bonds. The van der Waals surface area contributed by atoms with Crippen LogP contribution in [0.3, 0.4) is 0 Å². The predicted octanol–water partition coefficient (Wildman–Crippen LogP) is -0.133. The van der Waals surface area contributed by atoms with Gasteiger partial charge in [0.15, 0.2) is 0 Å². The molecule has 0 aromatic rings. The summed E-state index contributed by atoms with van der Waals surface area (Å²) in [4.78, 5) is 0. The summed E-state index contributed by atoms with van der Waals surface area (Å²) in [5.74, 6) is 0. The van der Waals surface area contributed by atoms with Crippen molar-refractivity contribution in [3.8, 4) is 0 Å². The van der Waals surface area contributed by atoms with Gasteiger partial charge in [0.25, 0.3) is 10.2 Å². The number of hydrogen-bond acceptors (Lipinski definition) is 3. The van der Waals surface area contributed by atoms with Crippen molar-refractivity contribution in [1.29, 1.82) is 0 Å². The van der Waals surface area contributed by atoms with Crippen molar-refractivity contribution in [2.24, 2.45) is 0 Å². The Morgan fingerprint density at radius 3 is 2.73 bits per heavy atom. The zero-order valence-electron chi connectivity index (χ0n) is 9.73. The first-order valence-corrected chi connectivity index (χ1v) is 6.83. The third-order valence-electron chi connectivity index (χ3n) is 2.67. The minimum absolute atomic E-state index is 0.0445. The summed E-state index contributed by atoms with van der Waals surface area (Å²) in [6.07, 6.45) is 0.843. The Labute approximate surface area is 92.6 Å². The molecule has 0 bridgehead atoms. The minimum atomic E-state index is -3.25. The standard InChI is InChI=1S/C9H21N3O2S/c1-4-6-11(3)15(13,14)12-7-5-10-8-9(12)2/h9-10H,4-8H2,1-3H3/t9-/m1/s1. The Morgan fingerprint density at radius 1 is 1.53 bits per heavy atom. The molecule has 1 heterocycles. The van der Waals surface area contributed by atoms with Crippen LogP contribution in [-0.2, 0) is 10.2 Å². The maximum Gasteiger partial charge on any atom is 0.282 e. The lowest BCUT2D eigenvalue weighted by Crippen LogP contribution is -2.55. The Hall–Kier alpha value is -0.170. The summed E-state index contributed by atoms with van der Waals surface area (Å²) < 4.78 is 27.2. The molecular weight excluding hydrogens is 214 g/mol. The summed E-state index contributed by atoms with van der Waals surface area (Å²) >= 11 is 0. The quantitative estimate of drug-likeness (QED) is 0.738. The van der Waals surface area contributed by atoms with Crippen LogP contribution in [0.1, 0.15) is 20.3 Å². The van der Waals surface area contributed by atoms with Crippen molar-refractivity contribution < 1.29 is 8.42 Å². The van der Waals surface area contributed by atoms with Crippen molar-refractivity contribution in [3.05, 3.63) is 0 Å². The number of nitrogens with one attached hydrogen (secondary N) is 1. The number of piperazine rings is 1.